The van der Waals surface area contributed by atoms with Crippen LogP contribution >= 0.6 is 11.6 Å². The van der Waals surface area contributed by atoms with Gasteiger partial charge < -0.3 is 8.83 Å². The van der Waals surface area contributed by atoms with Crippen molar-refractivity contribution < 1.29 is 8.83 Å². The second-order valence-corrected chi connectivity index (χ2v) is 7.08. The van der Waals surface area contributed by atoms with Gasteiger partial charge in [0, 0.05) is 21.5 Å². The van der Waals surface area contributed by atoms with E-state index in [1.165, 1.54) is 0 Å². The molecule has 0 atom stereocenters. The van der Waals surface area contributed by atoms with E-state index in [1.807, 2.05) is 60.7 Å². The largest absolute Gasteiger partial charge is 0.456 e. The molecule has 4 aromatic carbocycles. The van der Waals surface area contributed by atoms with Crippen molar-refractivity contribution in [2.24, 2.45) is 0 Å². The summed E-state index contributed by atoms with van der Waals surface area (Å²) in [6.07, 6.45) is 0. The third kappa shape index (κ3) is 2.02. The zero-order chi connectivity index (χ0) is 18.0. The van der Waals surface area contributed by atoms with Gasteiger partial charge in [-0.05, 0) is 41.5 Å². The van der Waals surface area contributed by atoms with E-state index in [9.17, 15) is 0 Å². The van der Waals surface area contributed by atoms with Crippen LogP contribution in [-0.2, 0) is 0 Å². The molecule has 0 N–H and O–H groups in total. The molecular formula is C24H13ClO2. The monoisotopic (exact) mass is 368 g/mol. The van der Waals surface area contributed by atoms with Gasteiger partial charge in [0.2, 0.25) is 0 Å². The molecule has 0 spiro atoms. The minimum absolute atomic E-state index is 0.697. The van der Waals surface area contributed by atoms with Crippen LogP contribution in [0.2, 0.25) is 5.02 Å². The highest BCUT2D eigenvalue weighted by Crippen LogP contribution is 2.43. The van der Waals surface area contributed by atoms with Gasteiger partial charge >= 0.3 is 0 Å². The Balaban J connectivity index is 1.83. The fraction of sp³-hybridized carbons (Fsp3) is 0. The van der Waals surface area contributed by atoms with Gasteiger partial charge in [-0.1, -0.05) is 60.1 Å². The summed E-state index contributed by atoms with van der Waals surface area (Å²) in [6.45, 7) is 0. The van der Waals surface area contributed by atoms with Gasteiger partial charge in [-0.25, -0.2) is 0 Å². The molecule has 27 heavy (non-hydrogen) atoms. The summed E-state index contributed by atoms with van der Waals surface area (Å²) < 4.78 is 12.1. The summed E-state index contributed by atoms with van der Waals surface area (Å²) in [4.78, 5) is 0. The van der Waals surface area contributed by atoms with Gasteiger partial charge in [-0.2, -0.15) is 0 Å². The van der Waals surface area contributed by atoms with Crippen molar-refractivity contribution in [3.63, 3.8) is 0 Å². The first kappa shape index (κ1) is 14.9. The number of furan rings is 2. The lowest BCUT2D eigenvalue weighted by Gasteiger charge is -2.06. The number of fused-ring (bicyclic) bond motifs is 6. The van der Waals surface area contributed by atoms with E-state index in [4.69, 9.17) is 20.4 Å². The standard InChI is InChI=1S/C24H13ClO2/c25-17-9-5-13-21-24(17)23-15(8-4-12-20(23)27-21)14-7-3-11-19-22(14)16-6-1-2-10-18(16)26-19/h1-13H. The van der Waals surface area contributed by atoms with Gasteiger partial charge in [0.1, 0.15) is 22.3 Å². The Morgan fingerprint density at radius 3 is 1.85 bits per heavy atom. The SMILES string of the molecule is Clc1cccc2oc3cccc(-c4cccc5oc6ccccc6c45)c3c12. The number of hydrogen-bond donors (Lipinski definition) is 0. The Bertz CT molecular complexity index is 1490. The molecule has 2 heterocycles. The lowest BCUT2D eigenvalue weighted by atomic mass is 9.95. The molecule has 0 fully saturated rings. The molecule has 2 nitrogen and oxygen atoms in total. The summed E-state index contributed by atoms with van der Waals surface area (Å²) in [5.41, 5.74) is 5.61. The third-order valence-corrected chi connectivity index (χ3v) is 5.48. The molecule has 0 aliphatic heterocycles. The first-order valence-electron chi connectivity index (χ1n) is 8.81. The summed E-state index contributed by atoms with van der Waals surface area (Å²) in [7, 11) is 0. The van der Waals surface area contributed by atoms with Crippen molar-refractivity contribution in [2.45, 2.75) is 0 Å². The molecule has 0 saturated heterocycles. The van der Waals surface area contributed by atoms with Crippen LogP contribution in [0.3, 0.4) is 0 Å². The highest BCUT2D eigenvalue weighted by Gasteiger charge is 2.18. The van der Waals surface area contributed by atoms with Crippen molar-refractivity contribution in [3.8, 4) is 11.1 Å². The predicted molar refractivity (Wildman–Crippen MR) is 111 cm³/mol. The fourth-order valence-corrected chi connectivity index (χ4v) is 4.31. The molecule has 0 bridgehead atoms. The first-order chi connectivity index (χ1) is 13.3. The molecule has 6 rings (SSSR count). The minimum atomic E-state index is 0.697. The van der Waals surface area contributed by atoms with Crippen molar-refractivity contribution in [1.29, 1.82) is 0 Å². The van der Waals surface area contributed by atoms with Crippen LogP contribution in [0.1, 0.15) is 0 Å². The number of hydrogen-bond acceptors (Lipinski definition) is 2. The molecular weight excluding hydrogens is 356 g/mol. The van der Waals surface area contributed by atoms with Crippen LogP contribution < -0.4 is 0 Å². The van der Waals surface area contributed by atoms with Crippen LogP contribution in [0, 0.1) is 0 Å². The van der Waals surface area contributed by atoms with E-state index in [0.29, 0.717) is 5.02 Å². The maximum Gasteiger partial charge on any atom is 0.136 e. The van der Waals surface area contributed by atoms with Gasteiger partial charge in [-0.15, -0.1) is 0 Å². The molecule has 0 amide bonds. The van der Waals surface area contributed by atoms with Crippen molar-refractivity contribution in [2.75, 3.05) is 0 Å². The number of para-hydroxylation sites is 1. The van der Waals surface area contributed by atoms with E-state index in [1.54, 1.807) is 0 Å². The number of rotatable bonds is 1. The maximum atomic E-state index is 6.55. The lowest BCUT2D eigenvalue weighted by Crippen LogP contribution is -1.81. The summed E-state index contributed by atoms with van der Waals surface area (Å²) in [5.74, 6) is 0. The second-order valence-electron chi connectivity index (χ2n) is 6.67. The first-order valence-corrected chi connectivity index (χ1v) is 9.19. The van der Waals surface area contributed by atoms with Crippen LogP contribution in [-0.4, -0.2) is 0 Å². The second kappa shape index (κ2) is 5.38. The molecule has 0 aliphatic carbocycles. The van der Waals surface area contributed by atoms with Gasteiger partial charge in [-0.3, -0.25) is 0 Å². The van der Waals surface area contributed by atoms with Crippen LogP contribution in [0.15, 0.2) is 87.7 Å². The van der Waals surface area contributed by atoms with Crippen LogP contribution in [0.25, 0.3) is 55.0 Å². The van der Waals surface area contributed by atoms with Gasteiger partial charge in [0.25, 0.3) is 0 Å². The smallest absolute Gasteiger partial charge is 0.136 e. The quantitative estimate of drug-likeness (QED) is 0.296. The van der Waals surface area contributed by atoms with Crippen molar-refractivity contribution in [3.05, 3.63) is 83.9 Å². The Morgan fingerprint density at radius 1 is 0.481 bits per heavy atom. The lowest BCUT2D eigenvalue weighted by molar-refractivity contribution is 0.668. The van der Waals surface area contributed by atoms with Gasteiger partial charge in [0.05, 0.1) is 5.02 Å². The Labute approximate surface area is 159 Å². The zero-order valence-corrected chi connectivity index (χ0v) is 15.0. The number of benzene rings is 4. The van der Waals surface area contributed by atoms with E-state index < -0.39 is 0 Å². The summed E-state index contributed by atoms with van der Waals surface area (Å²) >= 11 is 6.55. The van der Waals surface area contributed by atoms with E-state index in [2.05, 4.69) is 18.2 Å². The average Bonchev–Trinajstić information content (AvgIpc) is 3.26. The van der Waals surface area contributed by atoms with E-state index in [0.717, 1.165) is 55.0 Å². The topological polar surface area (TPSA) is 26.3 Å². The predicted octanol–water partition coefficient (Wildman–Crippen LogP) is 7.81. The van der Waals surface area contributed by atoms with Crippen LogP contribution in [0.4, 0.5) is 0 Å². The highest BCUT2D eigenvalue weighted by molar-refractivity contribution is 6.38. The van der Waals surface area contributed by atoms with E-state index >= 15 is 0 Å². The van der Waals surface area contributed by atoms with Gasteiger partial charge in [0.15, 0.2) is 0 Å². The van der Waals surface area contributed by atoms with Crippen molar-refractivity contribution in [1.82, 2.24) is 0 Å². The summed E-state index contributed by atoms with van der Waals surface area (Å²) in [6, 6.07) is 26.2. The molecule has 0 radical (unpaired) electrons. The number of halogens is 1. The Hall–Kier alpha value is -3.23. The van der Waals surface area contributed by atoms with Crippen LogP contribution in [0.5, 0.6) is 0 Å². The Kier molecular flexibility index (Phi) is 2.97. The molecule has 0 aliphatic rings. The van der Waals surface area contributed by atoms with Crippen molar-refractivity contribution >= 4 is 55.5 Å². The molecule has 2 aromatic heterocycles. The normalized spacial score (nSPS) is 11.9. The fourth-order valence-electron chi connectivity index (χ4n) is 4.05. The van der Waals surface area contributed by atoms with E-state index in [-0.39, 0.29) is 0 Å². The molecule has 3 heteroatoms. The minimum Gasteiger partial charge on any atom is -0.456 e. The Morgan fingerprint density at radius 2 is 1.04 bits per heavy atom. The zero-order valence-electron chi connectivity index (χ0n) is 14.2. The molecule has 128 valence electrons. The average molecular weight is 369 g/mol. The molecule has 6 aromatic rings. The third-order valence-electron chi connectivity index (χ3n) is 5.16. The maximum absolute atomic E-state index is 6.55. The molecule has 0 saturated carbocycles. The highest BCUT2D eigenvalue weighted by atomic mass is 35.5. The molecule has 0 unspecified atom stereocenters. The summed E-state index contributed by atoms with van der Waals surface area (Å²) in [5, 5.41) is 4.91.